The fraction of sp³-hybridized carbons (Fsp3) is 0.500. The number of ether oxygens (including phenoxy) is 1. The quantitative estimate of drug-likeness (QED) is 0.676. The molecule has 0 aliphatic carbocycles. The zero-order valence-corrected chi connectivity index (χ0v) is 11.6. The number of anilines is 1. The molecule has 20 heavy (non-hydrogen) atoms. The molecule has 0 fully saturated rings. The molecule has 1 aromatic rings. The van der Waals surface area contributed by atoms with E-state index in [0.717, 1.165) is 18.2 Å². The Bertz CT molecular complexity index is 484. The standard InChI is InChI=1S/C14H18F3NO2/c1-8(2)6-9(3)20-13(19)11-7-10(14(15,16)17)4-5-12(11)18/h4-5,7-9H,6,18H2,1-3H3. The lowest BCUT2D eigenvalue weighted by Crippen LogP contribution is -2.18. The van der Waals surface area contributed by atoms with Crippen molar-refractivity contribution < 1.29 is 22.7 Å². The minimum Gasteiger partial charge on any atom is -0.459 e. The first kappa shape index (κ1) is 16.3. The molecule has 1 rings (SSSR count). The third kappa shape index (κ3) is 4.43. The fourth-order valence-electron chi connectivity index (χ4n) is 1.87. The second-order valence-electron chi connectivity index (χ2n) is 5.15. The van der Waals surface area contributed by atoms with Crippen molar-refractivity contribution in [3.8, 4) is 0 Å². The number of nitrogen functional groups attached to an aromatic ring is 1. The van der Waals surface area contributed by atoms with Crippen LogP contribution in [0.3, 0.4) is 0 Å². The largest absolute Gasteiger partial charge is 0.459 e. The Balaban J connectivity index is 2.92. The average molecular weight is 289 g/mol. The van der Waals surface area contributed by atoms with Crippen LogP contribution in [0.4, 0.5) is 18.9 Å². The first-order valence-electron chi connectivity index (χ1n) is 6.29. The first-order chi connectivity index (χ1) is 9.11. The number of hydrogen-bond donors (Lipinski definition) is 1. The van der Waals surface area contributed by atoms with Crippen molar-refractivity contribution in [2.75, 3.05) is 5.73 Å². The van der Waals surface area contributed by atoms with Gasteiger partial charge in [-0.2, -0.15) is 13.2 Å². The molecule has 0 saturated carbocycles. The van der Waals surface area contributed by atoms with E-state index < -0.39 is 17.7 Å². The number of halogens is 3. The molecule has 0 spiro atoms. The lowest BCUT2D eigenvalue weighted by Gasteiger charge is -2.16. The molecule has 1 unspecified atom stereocenters. The minimum absolute atomic E-state index is 0.0280. The Hall–Kier alpha value is -1.72. The smallest absolute Gasteiger partial charge is 0.416 e. The number of benzene rings is 1. The van der Waals surface area contributed by atoms with Crippen molar-refractivity contribution in [1.82, 2.24) is 0 Å². The maximum Gasteiger partial charge on any atom is 0.416 e. The van der Waals surface area contributed by atoms with Crippen LogP contribution < -0.4 is 5.73 Å². The summed E-state index contributed by atoms with van der Waals surface area (Å²) in [7, 11) is 0. The fourth-order valence-corrected chi connectivity index (χ4v) is 1.87. The van der Waals surface area contributed by atoms with E-state index in [1.54, 1.807) is 6.92 Å². The molecule has 0 bridgehead atoms. The number of nitrogens with two attached hydrogens (primary N) is 1. The van der Waals surface area contributed by atoms with E-state index in [9.17, 15) is 18.0 Å². The average Bonchev–Trinajstić information content (AvgIpc) is 2.26. The molecule has 0 aliphatic heterocycles. The van der Waals surface area contributed by atoms with Crippen LogP contribution in [0.5, 0.6) is 0 Å². The highest BCUT2D eigenvalue weighted by molar-refractivity contribution is 5.95. The summed E-state index contributed by atoms with van der Waals surface area (Å²) in [5, 5.41) is 0. The second-order valence-corrected chi connectivity index (χ2v) is 5.15. The van der Waals surface area contributed by atoms with Gasteiger partial charge in [-0.25, -0.2) is 4.79 Å². The van der Waals surface area contributed by atoms with Gasteiger partial charge in [0.2, 0.25) is 0 Å². The summed E-state index contributed by atoms with van der Waals surface area (Å²) in [5.74, 6) is -0.515. The Labute approximate surface area is 115 Å². The highest BCUT2D eigenvalue weighted by Gasteiger charge is 2.32. The molecule has 1 aromatic carbocycles. The van der Waals surface area contributed by atoms with Gasteiger partial charge in [-0.1, -0.05) is 13.8 Å². The van der Waals surface area contributed by atoms with Crippen LogP contribution in [0, 0.1) is 5.92 Å². The van der Waals surface area contributed by atoms with Crippen LogP contribution >= 0.6 is 0 Å². The van der Waals surface area contributed by atoms with Gasteiger partial charge in [-0.05, 0) is 37.5 Å². The predicted molar refractivity (Wildman–Crippen MR) is 70.2 cm³/mol. The zero-order chi connectivity index (χ0) is 15.5. The molecule has 3 nitrogen and oxygen atoms in total. The number of hydrogen-bond acceptors (Lipinski definition) is 3. The number of esters is 1. The van der Waals surface area contributed by atoms with E-state index in [1.807, 2.05) is 13.8 Å². The lowest BCUT2D eigenvalue weighted by molar-refractivity contribution is -0.137. The molecule has 0 saturated heterocycles. The van der Waals surface area contributed by atoms with Gasteiger partial charge >= 0.3 is 12.1 Å². The minimum atomic E-state index is -4.52. The maximum absolute atomic E-state index is 12.6. The van der Waals surface area contributed by atoms with Gasteiger partial charge in [-0.3, -0.25) is 0 Å². The van der Waals surface area contributed by atoms with E-state index in [-0.39, 0.29) is 17.4 Å². The summed E-state index contributed by atoms with van der Waals surface area (Å²) < 4.78 is 42.9. The number of carbonyl (C=O) groups excluding carboxylic acids is 1. The topological polar surface area (TPSA) is 52.3 Å². The van der Waals surface area contributed by atoms with Gasteiger partial charge < -0.3 is 10.5 Å². The summed E-state index contributed by atoms with van der Waals surface area (Å²) in [6.07, 6.45) is -4.27. The van der Waals surface area contributed by atoms with Gasteiger partial charge in [0, 0.05) is 5.69 Å². The third-order valence-corrected chi connectivity index (χ3v) is 2.71. The molecule has 0 radical (unpaired) electrons. The van der Waals surface area contributed by atoms with Crippen LogP contribution in [-0.2, 0) is 10.9 Å². The molecule has 0 heterocycles. The predicted octanol–water partition coefficient (Wildman–Crippen LogP) is 3.88. The van der Waals surface area contributed by atoms with Crippen LogP contribution in [0.25, 0.3) is 0 Å². The number of rotatable bonds is 4. The summed E-state index contributed by atoms with van der Waals surface area (Å²) >= 11 is 0. The highest BCUT2D eigenvalue weighted by Crippen LogP contribution is 2.31. The van der Waals surface area contributed by atoms with E-state index >= 15 is 0 Å². The van der Waals surface area contributed by atoms with Crippen molar-refractivity contribution in [3.63, 3.8) is 0 Å². The normalized spacial score (nSPS) is 13.3. The Morgan fingerprint density at radius 2 is 1.90 bits per heavy atom. The van der Waals surface area contributed by atoms with Crippen LogP contribution in [0.2, 0.25) is 0 Å². The van der Waals surface area contributed by atoms with E-state index in [4.69, 9.17) is 10.5 Å². The molecule has 0 aromatic heterocycles. The van der Waals surface area contributed by atoms with Gasteiger partial charge in [0.1, 0.15) is 0 Å². The first-order valence-corrected chi connectivity index (χ1v) is 6.29. The molecule has 2 N–H and O–H groups in total. The number of carbonyl (C=O) groups is 1. The van der Waals surface area contributed by atoms with Gasteiger partial charge in [0.25, 0.3) is 0 Å². The molecule has 6 heteroatoms. The zero-order valence-electron chi connectivity index (χ0n) is 11.6. The summed E-state index contributed by atoms with van der Waals surface area (Å²) in [6, 6.07) is 2.62. The van der Waals surface area contributed by atoms with Crippen molar-refractivity contribution in [3.05, 3.63) is 29.3 Å². The van der Waals surface area contributed by atoms with Crippen molar-refractivity contribution in [2.45, 2.75) is 39.5 Å². The summed E-state index contributed by atoms with van der Waals surface area (Å²) in [5.41, 5.74) is 4.34. The summed E-state index contributed by atoms with van der Waals surface area (Å²) in [4.78, 5) is 11.9. The van der Waals surface area contributed by atoms with Crippen molar-refractivity contribution in [1.29, 1.82) is 0 Å². The molecular formula is C14H18F3NO2. The van der Waals surface area contributed by atoms with Gasteiger partial charge in [0.15, 0.2) is 0 Å². The maximum atomic E-state index is 12.6. The van der Waals surface area contributed by atoms with Crippen LogP contribution in [0.15, 0.2) is 18.2 Å². The van der Waals surface area contributed by atoms with Crippen molar-refractivity contribution in [2.24, 2.45) is 5.92 Å². The number of alkyl halides is 3. The Morgan fingerprint density at radius 3 is 2.40 bits per heavy atom. The molecule has 0 aliphatic rings. The van der Waals surface area contributed by atoms with Gasteiger partial charge in [0.05, 0.1) is 17.2 Å². The molecule has 112 valence electrons. The van der Waals surface area contributed by atoms with E-state index in [0.29, 0.717) is 12.3 Å². The van der Waals surface area contributed by atoms with E-state index in [2.05, 4.69) is 0 Å². The third-order valence-electron chi connectivity index (χ3n) is 2.71. The second kappa shape index (κ2) is 6.15. The Morgan fingerprint density at radius 1 is 1.30 bits per heavy atom. The molecule has 0 amide bonds. The van der Waals surface area contributed by atoms with Crippen LogP contribution in [-0.4, -0.2) is 12.1 Å². The highest BCUT2D eigenvalue weighted by atomic mass is 19.4. The van der Waals surface area contributed by atoms with Crippen molar-refractivity contribution >= 4 is 11.7 Å². The van der Waals surface area contributed by atoms with Crippen LogP contribution in [0.1, 0.15) is 43.1 Å². The SMILES string of the molecule is CC(C)CC(C)OC(=O)c1cc(C(F)(F)F)ccc1N. The Kier molecular flexibility index (Phi) is 5.03. The van der Waals surface area contributed by atoms with E-state index in [1.165, 1.54) is 0 Å². The van der Waals surface area contributed by atoms with Gasteiger partial charge in [-0.15, -0.1) is 0 Å². The molecular weight excluding hydrogens is 271 g/mol. The molecule has 1 atom stereocenters. The monoisotopic (exact) mass is 289 g/mol. The lowest BCUT2D eigenvalue weighted by atomic mass is 10.1. The summed E-state index contributed by atoms with van der Waals surface area (Å²) in [6.45, 7) is 5.62.